The summed E-state index contributed by atoms with van der Waals surface area (Å²) in [5.74, 6) is -1.60. The summed E-state index contributed by atoms with van der Waals surface area (Å²) in [6.07, 6.45) is 0.00612. The highest BCUT2D eigenvalue weighted by atomic mass is 16.6. The van der Waals surface area contributed by atoms with Crippen LogP contribution in [0.1, 0.15) is 20.7 Å². The summed E-state index contributed by atoms with van der Waals surface area (Å²) in [6, 6.07) is 5.73. The van der Waals surface area contributed by atoms with Gasteiger partial charge in [0.15, 0.2) is 0 Å². The third-order valence-electron chi connectivity index (χ3n) is 2.15. The summed E-state index contributed by atoms with van der Waals surface area (Å²) in [4.78, 5) is 22.2. The first-order valence-electron chi connectivity index (χ1n) is 4.79. The minimum Gasteiger partial charge on any atom is -0.478 e. The third-order valence-corrected chi connectivity index (χ3v) is 2.15. The van der Waals surface area contributed by atoms with Crippen LogP contribution in [-0.4, -0.2) is 36.4 Å². The van der Waals surface area contributed by atoms with Gasteiger partial charge in [0, 0.05) is 0 Å². The number of epoxide rings is 1. The van der Waals surface area contributed by atoms with Crippen LogP contribution < -0.4 is 0 Å². The summed E-state index contributed by atoms with van der Waals surface area (Å²) in [7, 11) is 0. The summed E-state index contributed by atoms with van der Waals surface area (Å²) >= 11 is 0. The SMILES string of the molecule is O=C(O)c1cccc(C(=O)OCC2CO2)c1. The Balaban J connectivity index is 2.03. The Bertz CT molecular complexity index is 422. The van der Waals surface area contributed by atoms with Crippen LogP contribution in [0.15, 0.2) is 24.3 Å². The average Bonchev–Trinajstić information content (AvgIpc) is 3.10. The second-order valence-corrected chi connectivity index (χ2v) is 3.44. The van der Waals surface area contributed by atoms with Gasteiger partial charge < -0.3 is 14.6 Å². The standard InChI is InChI=1S/C11H10O5/c12-10(13)7-2-1-3-8(4-7)11(14)16-6-9-5-15-9/h1-4,9H,5-6H2,(H,12,13). The van der Waals surface area contributed by atoms with Gasteiger partial charge in [-0.15, -0.1) is 0 Å². The van der Waals surface area contributed by atoms with Gasteiger partial charge in [-0.3, -0.25) is 0 Å². The van der Waals surface area contributed by atoms with Crippen LogP contribution in [0.4, 0.5) is 0 Å². The van der Waals surface area contributed by atoms with Gasteiger partial charge in [-0.2, -0.15) is 0 Å². The summed E-state index contributed by atoms with van der Waals surface area (Å²) in [5.41, 5.74) is 0.303. The van der Waals surface area contributed by atoms with Crippen molar-refractivity contribution < 1.29 is 24.2 Å². The molecule has 0 aliphatic carbocycles. The van der Waals surface area contributed by atoms with Crippen molar-refractivity contribution in [1.82, 2.24) is 0 Å². The molecule has 1 fully saturated rings. The van der Waals surface area contributed by atoms with Gasteiger partial charge in [0.05, 0.1) is 17.7 Å². The molecule has 16 heavy (non-hydrogen) atoms. The molecule has 1 heterocycles. The van der Waals surface area contributed by atoms with Crippen molar-refractivity contribution in [2.75, 3.05) is 13.2 Å². The Morgan fingerprint density at radius 2 is 2.12 bits per heavy atom. The molecular weight excluding hydrogens is 212 g/mol. The van der Waals surface area contributed by atoms with Crippen LogP contribution in [0.5, 0.6) is 0 Å². The van der Waals surface area contributed by atoms with Crippen LogP contribution in [0.3, 0.4) is 0 Å². The highest BCUT2D eigenvalue weighted by molar-refractivity contribution is 5.94. The number of hydrogen-bond donors (Lipinski definition) is 1. The van der Waals surface area contributed by atoms with Crippen LogP contribution in [0.25, 0.3) is 0 Å². The molecule has 0 radical (unpaired) electrons. The molecule has 5 heteroatoms. The lowest BCUT2D eigenvalue weighted by molar-refractivity contribution is 0.0476. The molecule has 1 aliphatic heterocycles. The Morgan fingerprint density at radius 3 is 2.75 bits per heavy atom. The van der Waals surface area contributed by atoms with Gasteiger partial charge >= 0.3 is 11.9 Å². The normalized spacial score (nSPS) is 17.9. The summed E-state index contributed by atoms with van der Waals surface area (Å²) < 4.78 is 9.82. The van der Waals surface area contributed by atoms with E-state index >= 15 is 0 Å². The van der Waals surface area contributed by atoms with Gasteiger partial charge in [0.1, 0.15) is 12.7 Å². The maximum atomic E-state index is 11.5. The molecule has 0 saturated carbocycles. The summed E-state index contributed by atoms with van der Waals surface area (Å²) in [6.45, 7) is 0.832. The van der Waals surface area contributed by atoms with Gasteiger partial charge in [0.2, 0.25) is 0 Å². The van der Waals surface area contributed by atoms with Gasteiger partial charge in [-0.25, -0.2) is 9.59 Å². The number of benzene rings is 1. The lowest BCUT2D eigenvalue weighted by Crippen LogP contribution is -2.10. The number of carboxylic acid groups (broad SMARTS) is 1. The van der Waals surface area contributed by atoms with E-state index in [9.17, 15) is 9.59 Å². The molecule has 5 nitrogen and oxygen atoms in total. The highest BCUT2D eigenvalue weighted by Crippen LogP contribution is 2.11. The number of esters is 1. The first kappa shape index (κ1) is 10.6. The van der Waals surface area contributed by atoms with E-state index < -0.39 is 11.9 Å². The van der Waals surface area contributed by atoms with E-state index in [0.717, 1.165) is 0 Å². The number of carbonyl (C=O) groups is 2. The minimum atomic E-state index is -1.07. The van der Waals surface area contributed by atoms with E-state index in [0.29, 0.717) is 6.61 Å². The zero-order chi connectivity index (χ0) is 11.5. The zero-order valence-corrected chi connectivity index (χ0v) is 8.38. The largest absolute Gasteiger partial charge is 0.478 e. The molecule has 1 aromatic rings. The van der Waals surface area contributed by atoms with Crippen molar-refractivity contribution in [2.45, 2.75) is 6.10 Å². The van der Waals surface area contributed by atoms with Crippen LogP contribution in [-0.2, 0) is 9.47 Å². The second kappa shape index (κ2) is 4.32. The number of carbonyl (C=O) groups excluding carboxylic acids is 1. The maximum Gasteiger partial charge on any atom is 0.338 e. The molecule has 84 valence electrons. The van der Waals surface area contributed by atoms with E-state index in [4.69, 9.17) is 14.6 Å². The van der Waals surface area contributed by atoms with Gasteiger partial charge in [0.25, 0.3) is 0 Å². The van der Waals surface area contributed by atoms with E-state index in [1.807, 2.05) is 0 Å². The molecule has 0 bridgehead atoms. The topological polar surface area (TPSA) is 76.1 Å². The van der Waals surface area contributed by atoms with Gasteiger partial charge in [-0.1, -0.05) is 6.07 Å². The smallest absolute Gasteiger partial charge is 0.338 e. The zero-order valence-electron chi connectivity index (χ0n) is 8.38. The highest BCUT2D eigenvalue weighted by Gasteiger charge is 2.24. The molecule has 1 aromatic carbocycles. The van der Waals surface area contributed by atoms with E-state index in [-0.39, 0.29) is 23.8 Å². The first-order valence-corrected chi connectivity index (χ1v) is 4.79. The monoisotopic (exact) mass is 222 g/mol. The molecule has 1 saturated heterocycles. The average molecular weight is 222 g/mol. The molecule has 0 aromatic heterocycles. The fraction of sp³-hybridized carbons (Fsp3) is 0.273. The predicted molar refractivity (Wildman–Crippen MR) is 53.4 cm³/mol. The fourth-order valence-electron chi connectivity index (χ4n) is 1.20. The quantitative estimate of drug-likeness (QED) is 0.606. The molecule has 1 aliphatic rings. The molecule has 1 N–H and O–H groups in total. The van der Waals surface area contributed by atoms with Gasteiger partial charge in [-0.05, 0) is 18.2 Å². The van der Waals surface area contributed by atoms with Crippen molar-refractivity contribution in [2.24, 2.45) is 0 Å². The minimum absolute atomic E-state index is 0.00612. The van der Waals surface area contributed by atoms with Crippen LogP contribution >= 0.6 is 0 Å². The van der Waals surface area contributed by atoms with Crippen molar-refractivity contribution in [3.05, 3.63) is 35.4 Å². The maximum absolute atomic E-state index is 11.5. The van der Waals surface area contributed by atoms with Crippen molar-refractivity contribution >= 4 is 11.9 Å². The van der Waals surface area contributed by atoms with Crippen molar-refractivity contribution in [3.63, 3.8) is 0 Å². The number of ether oxygens (including phenoxy) is 2. The Hall–Kier alpha value is -1.88. The lowest BCUT2D eigenvalue weighted by Gasteiger charge is -2.03. The first-order chi connectivity index (χ1) is 7.66. The number of aromatic carboxylic acids is 1. The van der Waals surface area contributed by atoms with Crippen molar-refractivity contribution in [3.8, 4) is 0 Å². The van der Waals surface area contributed by atoms with Crippen molar-refractivity contribution in [1.29, 1.82) is 0 Å². The van der Waals surface area contributed by atoms with E-state index in [1.54, 1.807) is 0 Å². The van der Waals surface area contributed by atoms with Crippen LogP contribution in [0.2, 0.25) is 0 Å². The van der Waals surface area contributed by atoms with E-state index in [1.165, 1.54) is 24.3 Å². The number of hydrogen-bond acceptors (Lipinski definition) is 4. The summed E-state index contributed by atoms with van der Waals surface area (Å²) in [5, 5.41) is 8.75. The molecular formula is C11H10O5. The molecule has 2 rings (SSSR count). The van der Waals surface area contributed by atoms with Crippen LogP contribution in [0, 0.1) is 0 Å². The predicted octanol–water partition coefficient (Wildman–Crippen LogP) is 0.940. The molecule has 0 spiro atoms. The molecule has 1 unspecified atom stereocenters. The molecule has 0 amide bonds. The Morgan fingerprint density at radius 1 is 1.44 bits per heavy atom. The van der Waals surface area contributed by atoms with E-state index in [2.05, 4.69) is 0 Å². The number of carboxylic acids is 1. The Labute approximate surface area is 91.6 Å². The Kier molecular flexibility index (Phi) is 2.87. The molecule has 1 atom stereocenters. The fourth-order valence-corrected chi connectivity index (χ4v) is 1.20. The number of rotatable bonds is 4. The lowest BCUT2D eigenvalue weighted by atomic mass is 10.1. The second-order valence-electron chi connectivity index (χ2n) is 3.44. The third kappa shape index (κ3) is 2.58.